The second-order valence-electron chi connectivity index (χ2n) is 5.53. The van der Waals surface area contributed by atoms with E-state index in [1.807, 2.05) is 0 Å². The highest BCUT2D eigenvalue weighted by molar-refractivity contribution is 7.90. The minimum atomic E-state index is -3.58. The molecule has 0 radical (unpaired) electrons. The molecule has 3 rings (SSSR count). The predicted octanol–water partition coefficient (Wildman–Crippen LogP) is 1.60. The summed E-state index contributed by atoms with van der Waals surface area (Å²) in [5.41, 5.74) is 0.763. The summed E-state index contributed by atoms with van der Waals surface area (Å²) in [7, 11) is -0.623. The highest BCUT2D eigenvalue weighted by atomic mass is 32.2. The number of hydrogen-bond donors (Lipinski definition) is 1. The van der Waals surface area contributed by atoms with Crippen LogP contribution in [-0.2, 0) is 14.8 Å². The molecule has 8 nitrogen and oxygen atoms in total. The average molecular weight is 390 g/mol. The van der Waals surface area contributed by atoms with Crippen LogP contribution in [0, 0.1) is 0 Å². The first-order valence-corrected chi connectivity index (χ1v) is 9.50. The standard InChI is InChI=1S/C18H18N2O6S/c1-24-12-7-8-13(15(11-12)25-2)18(21)26-10-9-19-17-14-5-3-4-6-16(14)27(22,23)20-17/h3-8,11H,9-10H2,1-2H3,(H,19,20). The predicted molar refractivity (Wildman–Crippen MR) is 98.0 cm³/mol. The summed E-state index contributed by atoms with van der Waals surface area (Å²) in [5.74, 6) is 0.566. The van der Waals surface area contributed by atoms with E-state index in [0.717, 1.165) is 0 Å². The number of amidine groups is 1. The fourth-order valence-electron chi connectivity index (χ4n) is 2.59. The Labute approximate surface area is 156 Å². The smallest absolute Gasteiger partial charge is 0.341 e. The maximum Gasteiger partial charge on any atom is 0.341 e. The zero-order valence-electron chi connectivity index (χ0n) is 14.8. The van der Waals surface area contributed by atoms with Crippen molar-refractivity contribution in [2.24, 2.45) is 4.99 Å². The number of sulfonamides is 1. The van der Waals surface area contributed by atoms with Crippen molar-refractivity contribution >= 4 is 21.8 Å². The molecule has 1 aliphatic rings. The Morgan fingerprint density at radius 1 is 1.11 bits per heavy atom. The van der Waals surface area contributed by atoms with Crippen molar-refractivity contribution in [1.82, 2.24) is 4.72 Å². The van der Waals surface area contributed by atoms with Gasteiger partial charge in [0.1, 0.15) is 29.5 Å². The minimum Gasteiger partial charge on any atom is -0.497 e. The quantitative estimate of drug-likeness (QED) is 0.594. The van der Waals surface area contributed by atoms with Crippen LogP contribution >= 0.6 is 0 Å². The maximum absolute atomic E-state index is 12.2. The van der Waals surface area contributed by atoms with Crippen molar-refractivity contribution < 1.29 is 27.4 Å². The van der Waals surface area contributed by atoms with Crippen LogP contribution < -0.4 is 14.2 Å². The van der Waals surface area contributed by atoms with Gasteiger partial charge in [-0.2, -0.15) is 0 Å². The van der Waals surface area contributed by atoms with Crippen molar-refractivity contribution in [1.29, 1.82) is 0 Å². The molecule has 0 spiro atoms. The van der Waals surface area contributed by atoms with Gasteiger partial charge in [-0.25, -0.2) is 13.2 Å². The zero-order chi connectivity index (χ0) is 19.4. The van der Waals surface area contributed by atoms with E-state index in [4.69, 9.17) is 14.2 Å². The molecule has 0 bridgehead atoms. The number of fused-ring (bicyclic) bond motifs is 1. The third-order valence-electron chi connectivity index (χ3n) is 3.89. The number of ether oxygens (including phenoxy) is 3. The highest BCUT2D eigenvalue weighted by Crippen LogP contribution is 2.25. The van der Waals surface area contributed by atoms with Crippen LogP contribution in [0.2, 0.25) is 0 Å². The van der Waals surface area contributed by atoms with Gasteiger partial charge in [0.25, 0.3) is 10.0 Å². The molecule has 0 aromatic heterocycles. The average Bonchev–Trinajstić information content (AvgIpc) is 2.95. The molecule has 0 saturated heterocycles. The Kier molecular flexibility index (Phi) is 5.31. The van der Waals surface area contributed by atoms with Crippen molar-refractivity contribution in [2.75, 3.05) is 27.4 Å². The van der Waals surface area contributed by atoms with Gasteiger partial charge in [0.05, 0.1) is 25.7 Å². The number of carbonyl (C=O) groups excluding carboxylic acids is 1. The SMILES string of the molecule is COc1ccc(C(=O)OCCN=C2NS(=O)(=O)c3ccccc32)c(OC)c1. The number of aliphatic imine (C=N–C) groups is 1. The fourth-order valence-corrected chi connectivity index (χ4v) is 3.84. The normalized spacial score (nSPS) is 15.7. The van der Waals surface area contributed by atoms with Gasteiger partial charge in [-0.15, -0.1) is 0 Å². The second-order valence-corrected chi connectivity index (χ2v) is 7.18. The molecule has 1 N–H and O–H groups in total. The first-order chi connectivity index (χ1) is 13.0. The van der Waals surface area contributed by atoms with Crippen LogP contribution in [0.5, 0.6) is 11.5 Å². The number of benzene rings is 2. The zero-order valence-corrected chi connectivity index (χ0v) is 15.6. The number of methoxy groups -OCH3 is 2. The first kappa shape index (κ1) is 18.7. The van der Waals surface area contributed by atoms with Crippen molar-refractivity contribution in [3.05, 3.63) is 53.6 Å². The van der Waals surface area contributed by atoms with Crippen molar-refractivity contribution in [2.45, 2.75) is 4.90 Å². The molecule has 1 aliphatic heterocycles. The van der Waals surface area contributed by atoms with Gasteiger partial charge >= 0.3 is 5.97 Å². The number of nitrogens with zero attached hydrogens (tertiary/aromatic N) is 1. The molecule has 2 aromatic carbocycles. The summed E-state index contributed by atoms with van der Waals surface area (Å²) in [6.07, 6.45) is 0. The van der Waals surface area contributed by atoms with Gasteiger partial charge in [0.2, 0.25) is 0 Å². The Morgan fingerprint density at radius 3 is 2.63 bits per heavy atom. The number of esters is 1. The first-order valence-electron chi connectivity index (χ1n) is 8.02. The van der Waals surface area contributed by atoms with Crippen LogP contribution in [0.4, 0.5) is 0 Å². The maximum atomic E-state index is 12.2. The molecule has 27 heavy (non-hydrogen) atoms. The largest absolute Gasteiger partial charge is 0.497 e. The lowest BCUT2D eigenvalue weighted by Gasteiger charge is -2.09. The summed E-state index contributed by atoms with van der Waals surface area (Å²) < 4.78 is 41.9. The van der Waals surface area contributed by atoms with Crippen molar-refractivity contribution in [3.8, 4) is 11.5 Å². The number of nitrogens with one attached hydrogen (secondary N) is 1. The third-order valence-corrected chi connectivity index (χ3v) is 5.28. The van der Waals surface area contributed by atoms with E-state index in [0.29, 0.717) is 17.1 Å². The van der Waals surface area contributed by atoms with E-state index in [1.165, 1.54) is 20.3 Å². The van der Waals surface area contributed by atoms with E-state index in [2.05, 4.69) is 9.71 Å². The topological polar surface area (TPSA) is 103 Å². The molecular formula is C18H18N2O6S. The number of hydrogen-bond acceptors (Lipinski definition) is 7. The van der Waals surface area contributed by atoms with Gasteiger partial charge in [-0.1, -0.05) is 12.1 Å². The molecule has 9 heteroatoms. The molecule has 0 amide bonds. The van der Waals surface area contributed by atoms with Crippen molar-refractivity contribution in [3.63, 3.8) is 0 Å². The molecule has 0 aliphatic carbocycles. The Bertz CT molecular complexity index is 1000. The summed E-state index contributed by atoms with van der Waals surface area (Å²) in [6.45, 7) is 0.0950. The summed E-state index contributed by atoms with van der Waals surface area (Å²) in [6, 6.07) is 11.3. The van der Waals surface area contributed by atoms with E-state index < -0.39 is 16.0 Å². The summed E-state index contributed by atoms with van der Waals surface area (Å²) in [5, 5.41) is 0. The molecule has 0 atom stereocenters. The number of carbonyl (C=O) groups is 1. The van der Waals surface area contributed by atoms with E-state index in [9.17, 15) is 13.2 Å². The molecule has 142 valence electrons. The van der Waals surface area contributed by atoms with Gasteiger partial charge < -0.3 is 14.2 Å². The molecule has 0 fully saturated rings. The lowest BCUT2D eigenvalue weighted by Crippen LogP contribution is -2.23. The van der Waals surface area contributed by atoms with Crippen LogP contribution in [-0.4, -0.2) is 47.6 Å². The summed E-state index contributed by atoms with van der Waals surface area (Å²) >= 11 is 0. The molecule has 0 saturated carbocycles. The van der Waals surface area contributed by atoms with Crippen LogP contribution in [0.15, 0.2) is 52.4 Å². The van der Waals surface area contributed by atoms with Gasteiger partial charge in [-0.3, -0.25) is 9.71 Å². The second kappa shape index (κ2) is 7.67. The number of rotatable bonds is 6. The minimum absolute atomic E-state index is 0.0125. The Morgan fingerprint density at radius 2 is 1.89 bits per heavy atom. The van der Waals surface area contributed by atoms with Gasteiger partial charge in [-0.05, 0) is 24.3 Å². The Balaban J connectivity index is 1.64. The lowest BCUT2D eigenvalue weighted by atomic mass is 10.2. The van der Waals surface area contributed by atoms with Crippen LogP contribution in [0.3, 0.4) is 0 Å². The van der Waals surface area contributed by atoms with Crippen LogP contribution in [0.1, 0.15) is 15.9 Å². The highest BCUT2D eigenvalue weighted by Gasteiger charge is 2.29. The molecule has 0 unspecified atom stereocenters. The molecular weight excluding hydrogens is 372 g/mol. The summed E-state index contributed by atoms with van der Waals surface area (Å²) in [4.78, 5) is 16.6. The monoisotopic (exact) mass is 390 g/mol. The third kappa shape index (κ3) is 3.87. The van der Waals surface area contributed by atoms with Gasteiger partial charge in [0, 0.05) is 11.6 Å². The fraction of sp³-hybridized carbons (Fsp3) is 0.222. The van der Waals surface area contributed by atoms with E-state index in [1.54, 1.807) is 36.4 Å². The van der Waals surface area contributed by atoms with Gasteiger partial charge in [0.15, 0.2) is 0 Å². The Hall–Kier alpha value is -3.07. The van der Waals surface area contributed by atoms with E-state index in [-0.39, 0.29) is 29.4 Å². The lowest BCUT2D eigenvalue weighted by molar-refractivity contribution is 0.0513. The molecule has 1 heterocycles. The molecule has 2 aromatic rings. The van der Waals surface area contributed by atoms with E-state index >= 15 is 0 Å². The van der Waals surface area contributed by atoms with Crippen LogP contribution in [0.25, 0.3) is 0 Å².